The maximum absolute atomic E-state index is 13.6. The molecule has 1 aliphatic heterocycles. The molecule has 0 amide bonds. The van der Waals surface area contributed by atoms with Gasteiger partial charge in [0, 0.05) is 37.3 Å². The lowest BCUT2D eigenvalue weighted by Crippen LogP contribution is -2.30. The Balaban J connectivity index is 0.000000277. The Kier molecular flexibility index (Phi) is 12.1. The molecule has 0 bridgehead atoms. The number of rotatable bonds is 9. The first kappa shape index (κ1) is 38.6. The summed E-state index contributed by atoms with van der Waals surface area (Å²) in [6.07, 6.45) is 0.920. The number of ether oxygens (including phenoxy) is 1. The van der Waals surface area contributed by atoms with Crippen molar-refractivity contribution in [2.24, 2.45) is 0 Å². The van der Waals surface area contributed by atoms with Crippen molar-refractivity contribution in [2.45, 2.75) is 85.0 Å². The summed E-state index contributed by atoms with van der Waals surface area (Å²) in [4.78, 5) is 0. The van der Waals surface area contributed by atoms with E-state index in [0.717, 1.165) is 33.6 Å². The minimum absolute atomic E-state index is 0.219. The summed E-state index contributed by atoms with van der Waals surface area (Å²) in [5, 5.41) is 13.0. The van der Waals surface area contributed by atoms with Crippen LogP contribution >= 0.6 is 15.3 Å². The second kappa shape index (κ2) is 14.8. The van der Waals surface area contributed by atoms with E-state index in [2.05, 4.69) is 45.8 Å². The van der Waals surface area contributed by atoms with Gasteiger partial charge in [-0.2, -0.15) is 0 Å². The lowest BCUT2D eigenvalue weighted by molar-refractivity contribution is 0.271. The standard InChI is InChI=1S/C22H30NO4P.C14H23O4P/c1-15-8-10-20-18(12-15)22(5,6)14-23-28(24,27-20)26-19-11-9-16(25-7)13-17(19)21(2,3)4;1-11-6-7-13(15)12(10-11)14(2,3)8-9-19(16,17-4)18-5/h8-13H,14H2,1-7H3,(H,23,24);6-7,10,15H,8-9H2,1-5H3. The molecule has 0 spiro atoms. The van der Waals surface area contributed by atoms with Crippen molar-refractivity contribution in [2.75, 3.05) is 34.0 Å². The highest BCUT2D eigenvalue weighted by atomic mass is 31.2. The van der Waals surface area contributed by atoms with Crippen LogP contribution in [0, 0.1) is 13.8 Å². The van der Waals surface area contributed by atoms with Crippen LogP contribution in [0.3, 0.4) is 0 Å². The van der Waals surface area contributed by atoms with Crippen LogP contribution in [0.2, 0.25) is 0 Å². The molecule has 1 atom stereocenters. The minimum atomic E-state index is -3.62. The molecule has 3 aromatic rings. The lowest BCUT2D eigenvalue weighted by atomic mass is 9.81. The Labute approximate surface area is 281 Å². The fourth-order valence-corrected chi connectivity index (χ4v) is 8.22. The van der Waals surface area contributed by atoms with Gasteiger partial charge in [-0.3, -0.25) is 4.57 Å². The van der Waals surface area contributed by atoms with Gasteiger partial charge in [0.1, 0.15) is 23.0 Å². The van der Waals surface area contributed by atoms with Crippen molar-refractivity contribution in [1.29, 1.82) is 0 Å². The molecular formula is C36H53NO8P2. The zero-order valence-corrected chi connectivity index (χ0v) is 31.8. The monoisotopic (exact) mass is 689 g/mol. The van der Waals surface area contributed by atoms with E-state index in [1.807, 2.05) is 58.0 Å². The SMILES string of the molecule is COP(=O)(CCC(C)(C)c1cc(C)ccc1O)OC.COc1ccc(OP2(=O)NCC(C)(C)c3cc(C)ccc3O2)c(C(C)(C)C)c1. The molecule has 0 saturated heterocycles. The van der Waals surface area contributed by atoms with Crippen molar-refractivity contribution in [3.63, 3.8) is 0 Å². The predicted molar refractivity (Wildman–Crippen MR) is 190 cm³/mol. The summed E-state index contributed by atoms with van der Waals surface area (Å²) in [6, 6.07) is 16.9. The van der Waals surface area contributed by atoms with Crippen molar-refractivity contribution < 1.29 is 37.1 Å². The molecular weight excluding hydrogens is 636 g/mol. The minimum Gasteiger partial charge on any atom is -0.508 e. The average Bonchev–Trinajstić information content (AvgIpc) is 3.10. The van der Waals surface area contributed by atoms with Gasteiger partial charge in [-0.05, 0) is 67.0 Å². The molecule has 0 radical (unpaired) electrons. The van der Waals surface area contributed by atoms with E-state index in [1.165, 1.54) is 14.2 Å². The normalized spacial score (nSPS) is 17.8. The molecule has 0 saturated carbocycles. The predicted octanol–water partition coefficient (Wildman–Crippen LogP) is 9.60. The van der Waals surface area contributed by atoms with Crippen molar-refractivity contribution in [3.8, 4) is 23.0 Å². The first-order chi connectivity index (χ1) is 21.7. The van der Waals surface area contributed by atoms with Crippen molar-refractivity contribution in [1.82, 2.24) is 5.09 Å². The van der Waals surface area contributed by atoms with Gasteiger partial charge in [-0.1, -0.05) is 83.9 Å². The number of methoxy groups -OCH3 is 1. The second-order valence-electron chi connectivity index (χ2n) is 14.4. The summed E-state index contributed by atoms with van der Waals surface area (Å²) >= 11 is 0. The zero-order valence-electron chi connectivity index (χ0n) is 30.0. The summed E-state index contributed by atoms with van der Waals surface area (Å²) in [5.41, 5.74) is 4.23. The molecule has 9 nitrogen and oxygen atoms in total. The van der Waals surface area contributed by atoms with Gasteiger partial charge in [0.05, 0.1) is 13.3 Å². The van der Waals surface area contributed by atoms with Gasteiger partial charge in [-0.25, -0.2) is 9.65 Å². The van der Waals surface area contributed by atoms with E-state index < -0.39 is 15.3 Å². The number of phenolic OH excluding ortho intramolecular Hbond substituents is 1. The fourth-order valence-electron chi connectivity index (χ4n) is 5.29. The number of nitrogens with one attached hydrogen (secondary N) is 1. The first-order valence-electron chi connectivity index (χ1n) is 15.7. The van der Waals surface area contributed by atoms with E-state index in [9.17, 15) is 14.2 Å². The third-order valence-corrected chi connectivity index (χ3v) is 11.8. The van der Waals surface area contributed by atoms with Crippen LogP contribution in [0.5, 0.6) is 23.0 Å². The molecule has 1 aliphatic rings. The van der Waals surface area contributed by atoms with Crippen LogP contribution in [0.4, 0.5) is 0 Å². The molecule has 3 aromatic carbocycles. The summed E-state index contributed by atoms with van der Waals surface area (Å²) in [7, 11) is -2.22. The Morgan fingerprint density at radius 2 is 1.53 bits per heavy atom. The molecule has 11 heteroatoms. The maximum atomic E-state index is 13.6. The smallest absolute Gasteiger partial charge is 0.508 e. The number of aromatic hydroxyl groups is 1. The molecule has 1 heterocycles. The van der Waals surface area contributed by atoms with E-state index in [1.54, 1.807) is 25.3 Å². The van der Waals surface area contributed by atoms with Gasteiger partial charge in [-0.15, -0.1) is 0 Å². The molecule has 0 fully saturated rings. The first-order valence-corrected chi connectivity index (χ1v) is 19.0. The molecule has 260 valence electrons. The number of hydrogen-bond acceptors (Lipinski definition) is 8. The number of fused-ring (bicyclic) bond motifs is 1. The summed E-state index contributed by atoms with van der Waals surface area (Å²) in [5.74, 6) is 2.11. The third-order valence-electron chi connectivity index (χ3n) is 8.46. The fraction of sp³-hybridized carbons (Fsp3) is 0.500. The average molecular weight is 690 g/mol. The number of phenols is 1. The molecule has 4 rings (SSSR count). The van der Waals surface area contributed by atoms with Crippen LogP contribution in [0.1, 0.15) is 82.7 Å². The van der Waals surface area contributed by atoms with E-state index in [-0.39, 0.29) is 22.0 Å². The number of aryl methyl sites for hydroxylation is 2. The lowest BCUT2D eigenvalue weighted by Gasteiger charge is -2.27. The Morgan fingerprint density at radius 1 is 0.915 bits per heavy atom. The molecule has 0 aliphatic carbocycles. The van der Waals surface area contributed by atoms with Crippen LogP contribution in [-0.4, -0.2) is 39.1 Å². The van der Waals surface area contributed by atoms with Gasteiger partial charge in [0.25, 0.3) is 0 Å². The highest BCUT2D eigenvalue weighted by Crippen LogP contribution is 2.52. The van der Waals surface area contributed by atoms with Crippen LogP contribution < -0.4 is 18.9 Å². The van der Waals surface area contributed by atoms with Gasteiger partial charge < -0.3 is 27.9 Å². The van der Waals surface area contributed by atoms with Gasteiger partial charge in [0.15, 0.2) is 0 Å². The molecule has 1 unspecified atom stereocenters. The summed E-state index contributed by atoms with van der Waals surface area (Å²) < 4.78 is 52.9. The molecule has 0 aromatic heterocycles. The second-order valence-corrected chi connectivity index (χ2v) is 18.4. The highest BCUT2D eigenvalue weighted by Gasteiger charge is 2.39. The Hall–Kier alpha value is -2.80. The van der Waals surface area contributed by atoms with Crippen LogP contribution in [0.15, 0.2) is 54.6 Å². The number of benzene rings is 3. The maximum Gasteiger partial charge on any atom is 0.512 e. The van der Waals surface area contributed by atoms with Gasteiger partial charge in [0.2, 0.25) is 0 Å². The van der Waals surface area contributed by atoms with E-state index in [4.69, 9.17) is 22.8 Å². The topological polar surface area (TPSA) is 113 Å². The molecule has 47 heavy (non-hydrogen) atoms. The zero-order chi connectivity index (χ0) is 35.4. The van der Waals surface area contributed by atoms with Crippen LogP contribution in [-0.2, 0) is 34.4 Å². The quantitative estimate of drug-likeness (QED) is 0.212. The third kappa shape index (κ3) is 9.87. The van der Waals surface area contributed by atoms with Crippen molar-refractivity contribution in [3.05, 3.63) is 82.4 Å². The van der Waals surface area contributed by atoms with Crippen LogP contribution in [0.25, 0.3) is 0 Å². The molecule has 2 N–H and O–H groups in total. The largest absolute Gasteiger partial charge is 0.512 e. The Bertz CT molecular complexity index is 1640. The van der Waals surface area contributed by atoms with Crippen molar-refractivity contribution >= 4 is 15.3 Å². The van der Waals surface area contributed by atoms with E-state index >= 15 is 0 Å². The number of hydrogen-bond donors (Lipinski definition) is 2. The Morgan fingerprint density at radius 3 is 2.13 bits per heavy atom. The highest BCUT2D eigenvalue weighted by molar-refractivity contribution is 7.53. The van der Waals surface area contributed by atoms with E-state index in [0.29, 0.717) is 30.6 Å². The summed E-state index contributed by atoms with van der Waals surface area (Å²) in [6.45, 7) is 19.0. The van der Waals surface area contributed by atoms with Gasteiger partial charge >= 0.3 is 15.3 Å².